The first-order valence-corrected chi connectivity index (χ1v) is 16.5. The van der Waals surface area contributed by atoms with Gasteiger partial charge in [0.05, 0.1) is 18.9 Å². The van der Waals surface area contributed by atoms with Crippen molar-refractivity contribution in [1.29, 1.82) is 0 Å². The number of hydrogen-bond acceptors (Lipinski definition) is 7. The number of hydrogen-bond donors (Lipinski definition) is 2. The van der Waals surface area contributed by atoms with E-state index in [1.165, 1.54) is 12.0 Å². The van der Waals surface area contributed by atoms with E-state index in [4.69, 9.17) is 9.47 Å². The number of rotatable bonds is 11. The van der Waals surface area contributed by atoms with Crippen LogP contribution in [0.5, 0.6) is 0 Å². The van der Waals surface area contributed by atoms with Gasteiger partial charge in [-0.25, -0.2) is 0 Å². The number of anilines is 3. The lowest BCUT2D eigenvalue weighted by Crippen LogP contribution is -2.46. The van der Waals surface area contributed by atoms with Gasteiger partial charge in [-0.15, -0.1) is 0 Å². The SMILES string of the molecule is COC(=O)CCCCN1C(=O)[C@]2(O[C@H](CCO)[C@@H]([Si](C)(C)O)[C@@H]2C)c2cc(N(C=O)c3ccccc3)ccc21. The third-order valence-corrected chi connectivity index (χ3v) is 10.5. The third-order valence-electron chi connectivity index (χ3n) is 8.04. The van der Waals surface area contributed by atoms with Gasteiger partial charge < -0.3 is 24.3 Å². The maximum atomic E-state index is 14.3. The molecule has 0 bridgehead atoms. The second kappa shape index (κ2) is 11.6. The maximum absolute atomic E-state index is 14.3. The maximum Gasteiger partial charge on any atom is 0.305 e. The van der Waals surface area contributed by atoms with Crippen molar-refractivity contribution in [3.8, 4) is 0 Å². The smallest absolute Gasteiger partial charge is 0.305 e. The topological polar surface area (TPSA) is 117 Å². The Morgan fingerprint density at radius 2 is 1.90 bits per heavy atom. The molecule has 1 spiro atoms. The predicted molar refractivity (Wildman–Crippen MR) is 150 cm³/mol. The summed E-state index contributed by atoms with van der Waals surface area (Å²) in [6, 6.07) is 14.7. The van der Waals surface area contributed by atoms with Crippen molar-refractivity contribution in [2.24, 2.45) is 5.92 Å². The second-order valence-electron chi connectivity index (χ2n) is 10.9. The summed E-state index contributed by atoms with van der Waals surface area (Å²) < 4.78 is 11.4. The van der Waals surface area contributed by atoms with Gasteiger partial charge in [0.25, 0.3) is 5.91 Å². The van der Waals surface area contributed by atoms with Gasteiger partial charge in [-0.2, -0.15) is 0 Å². The van der Waals surface area contributed by atoms with Crippen LogP contribution in [0, 0.1) is 5.92 Å². The molecule has 210 valence electrons. The van der Waals surface area contributed by atoms with E-state index >= 15 is 0 Å². The molecule has 2 aromatic rings. The molecule has 2 aliphatic rings. The van der Waals surface area contributed by atoms with Gasteiger partial charge in [-0.1, -0.05) is 25.1 Å². The highest BCUT2D eigenvalue weighted by Gasteiger charge is 2.66. The van der Waals surface area contributed by atoms with E-state index in [0.29, 0.717) is 48.4 Å². The number of amides is 2. The van der Waals surface area contributed by atoms with Crippen molar-refractivity contribution in [2.75, 3.05) is 30.1 Å². The zero-order chi connectivity index (χ0) is 28.4. The van der Waals surface area contributed by atoms with Gasteiger partial charge in [0.2, 0.25) is 6.41 Å². The van der Waals surface area contributed by atoms with E-state index in [9.17, 15) is 24.3 Å². The summed E-state index contributed by atoms with van der Waals surface area (Å²) in [6.07, 6.45) is 1.96. The van der Waals surface area contributed by atoms with E-state index in [1.807, 2.05) is 62.5 Å². The number of ether oxygens (including phenoxy) is 2. The highest BCUT2D eigenvalue weighted by Crippen LogP contribution is 2.60. The Kier molecular flexibility index (Phi) is 8.60. The molecular formula is C29H38N2O7Si. The fraction of sp³-hybridized carbons (Fsp3) is 0.483. The standard InChI is InChI=1S/C29H38N2O7Si/c1-20-27(39(3,4)36)25(15-17-32)38-29(20)23-18-22(31(19-33)21-10-6-5-7-11-21)13-14-24(23)30(28(29)35)16-9-8-12-26(34)37-2/h5-7,10-11,13-14,18-20,25,27,32,36H,8-9,12,15-17H2,1-4H3/t20-,25+,27-,29+/m0/s1. The molecule has 9 nitrogen and oxygen atoms in total. The van der Waals surface area contributed by atoms with Gasteiger partial charge in [-0.3, -0.25) is 19.3 Å². The molecule has 0 saturated carbocycles. The number of fused-ring (bicyclic) bond motifs is 2. The highest BCUT2D eigenvalue weighted by atomic mass is 28.4. The zero-order valence-corrected chi connectivity index (χ0v) is 24.0. The second-order valence-corrected chi connectivity index (χ2v) is 14.8. The van der Waals surface area contributed by atoms with Crippen LogP contribution in [-0.4, -0.2) is 62.9 Å². The summed E-state index contributed by atoms with van der Waals surface area (Å²) in [4.78, 5) is 52.6. The van der Waals surface area contributed by atoms with Gasteiger partial charge in [-0.05, 0) is 62.7 Å². The molecule has 0 unspecified atom stereocenters. The summed E-state index contributed by atoms with van der Waals surface area (Å²) >= 11 is 0. The zero-order valence-electron chi connectivity index (χ0n) is 23.0. The molecule has 1 fully saturated rings. The van der Waals surface area contributed by atoms with Crippen molar-refractivity contribution < 1.29 is 33.8 Å². The third kappa shape index (κ3) is 5.26. The average molecular weight is 555 g/mol. The molecule has 39 heavy (non-hydrogen) atoms. The lowest BCUT2D eigenvalue weighted by atomic mass is 9.82. The fourth-order valence-corrected chi connectivity index (χ4v) is 8.94. The molecule has 2 aromatic carbocycles. The first kappa shape index (κ1) is 28.9. The van der Waals surface area contributed by atoms with E-state index < -0.39 is 20.0 Å². The quantitative estimate of drug-likeness (QED) is 0.188. The van der Waals surface area contributed by atoms with Gasteiger partial charge in [0.1, 0.15) is 0 Å². The summed E-state index contributed by atoms with van der Waals surface area (Å²) in [7, 11) is -1.47. The van der Waals surface area contributed by atoms with Crippen LogP contribution in [0.15, 0.2) is 48.5 Å². The van der Waals surface area contributed by atoms with Crippen LogP contribution >= 0.6 is 0 Å². The van der Waals surface area contributed by atoms with Crippen molar-refractivity contribution in [1.82, 2.24) is 0 Å². The van der Waals surface area contributed by atoms with Gasteiger partial charge in [0.15, 0.2) is 13.9 Å². The van der Waals surface area contributed by atoms with Gasteiger partial charge >= 0.3 is 5.97 Å². The number of carbonyl (C=O) groups is 3. The number of nitrogens with zero attached hydrogens (tertiary/aromatic N) is 2. The van der Waals surface area contributed by atoms with Crippen LogP contribution in [0.25, 0.3) is 0 Å². The molecule has 4 rings (SSSR count). The lowest BCUT2D eigenvalue weighted by Gasteiger charge is -2.32. The first-order valence-electron chi connectivity index (χ1n) is 13.4. The molecule has 2 heterocycles. The molecule has 0 aliphatic carbocycles. The number of esters is 1. The van der Waals surface area contributed by atoms with Crippen molar-refractivity contribution in [2.45, 2.75) is 62.9 Å². The Bertz CT molecular complexity index is 1200. The van der Waals surface area contributed by atoms with E-state index in [0.717, 1.165) is 6.41 Å². The van der Waals surface area contributed by atoms with Crippen molar-refractivity contribution in [3.63, 3.8) is 0 Å². The average Bonchev–Trinajstić information content (AvgIpc) is 3.34. The van der Waals surface area contributed by atoms with Crippen LogP contribution in [0.2, 0.25) is 18.6 Å². The number of para-hydroxylation sites is 1. The Hall–Kier alpha value is -3.05. The largest absolute Gasteiger partial charge is 0.469 e. The number of carbonyl (C=O) groups excluding carboxylic acids is 3. The van der Waals surface area contributed by atoms with E-state index in [2.05, 4.69) is 0 Å². The van der Waals surface area contributed by atoms with Crippen LogP contribution in [0.3, 0.4) is 0 Å². The number of benzene rings is 2. The fourth-order valence-electron chi connectivity index (χ4n) is 6.34. The molecule has 1 saturated heterocycles. The lowest BCUT2D eigenvalue weighted by molar-refractivity contribution is -0.146. The minimum atomic E-state index is -2.82. The molecule has 2 amide bonds. The molecule has 0 aromatic heterocycles. The Balaban J connectivity index is 1.79. The number of aliphatic hydroxyl groups is 1. The summed E-state index contributed by atoms with van der Waals surface area (Å²) in [6.45, 7) is 5.87. The number of aliphatic hydroxyl groups excluding tert-OH is 1. The monoisotopic (exact) mass is 554 g/mol. The normalized spacial score (nSPS) is 24.2. The first-order chi connectivity index (χ1) is 18.6. The van der Waals surface area contributed by atoms with Crippen LogP contribution in [-0.2, 0) is 29.5 Å². The minimum Gasteiger partial charge on any atom is -0.469 e. The van der Waals surface area contributed by atoms with E-state index in [1.54, 1.807) is 11.0 Å². The van der Waals surface area contributed by atoms with Crippen molar-refractivity contribution >= 4 is 43.7 Å². The van der Waals surface area contributed by atoms with Crippen LogP contribution < -0.4 is 9.80 Å². The van der Waals surface area contributed by atoms with Crippen LogP contribution in [0.4, 0.5) is 17.1 Å². The van der Waals surface area contributed by atoms with Crippen molar-refractivity contribution in [3.05, 3.63) is 54.1 Å². The molecule has 0 radical (unpaired) electrons. The number of methoxy groups -OCH3 is 1. The van der Waals surface area contributed by atoms with E-state index in [-0.39, 0.29) is 36.4 Å². The number of unbranched alkanes of at least 4 members (excludes halogenated alkanes) is 1. The predicted octanol–water partition coefficient (Wildman–Crippen LogP) is 3.85. The summed E-state index contributed by atoms with van der Waals surface area (Å²) in [5.41, 5.74) is 0.959. The summed E-state index contributed by atoms with van der Waals surface area (Å²) in [5, 5.41) is 9.80. The Morgan fingerprint density at radius 3 is 2.51 bits per heavy atom. The Labute approximate surface area is 230 Å². The molecule has 10 heteroatoms. The Morgan fingerprint density at radius 1 is 1.18 bits per heavy atom. The highest BCUT2D eigenvalue weighted by molar-refractivity contribution is 6.71. The van der Waals surface area contributed by atoms with Crippen LogP contribution in [0.1, 0.15) is 38.2 Å². The molecule has 2 aliphatic heterocycles. The molecular weight excluding hydrogens is 516 g/mol. The summed E-state index contributed by atoms with van der Waals surface area (Å²) in [5.74, 6) is -0.887. The molecule has 2 N–H and O–H groups in total. The minimum absolute atomic E-state index is 0.125. The molecule has 4 atom stereocenters. The van der Waals surface area contributed by atoms with Gasteiger partial charge in [0, 0.05) is 48.0 Å².